The number of amides is 1. The molecule has 0 saturated carbocycles. The van der Waals surface area contributed by atoms with Crippen LogP contribution in [0, 0.1) is 6.92 Å². The normalized spacial score (nSPS) is 15.4. The molecular formula is C23H18ClN3O4S. The number of carbonyl (C=O) groups is 1. The van der Waals surface area contributed by atoms with Gasteiger partial charge >= 0.3 is 0 Å². The highest BCUT2D eigenvalue weighted by Crippen LogP contribution is 2.42. The van der Waals surface area contributed by atoms with Crippen LogP contribution in [0.4, 0.5) is 5.13 Å². The first-order chi connectivity index (χ1) is 15.5. The molecule has 0 bridgehead atoms. The highest BCUT2D eigenvalue weighted by molar-refractivity contribution is 7.15. The van der Waals surface area contributed by atoms with E-state index in [1.165, 1.54) is 16.2 Å². The minimum absolute atomic E-state index is 0.00237. The van der Waals surface area contributed by atoms with E-state index in [0.717, 1.165) is 6.42 Å². The average molecular weight is 468 g/mol. The molecule has 162 valence electrons. The van der Waals surface area contributed by atoms with Gasteiger partial charge in [-0.2, -0.15) is 0 Å². The van der Waals surface area contributed by atoms with Crippen LogP contribution in [-0.4, -0.2) is 22.7 Å². The van der Waals surface area contributed by atoms with E-state index in [1.54, 1.807) is 18.2 Å². The number of benzene rings is 2. The van der Waals surface area contributed by atoms with E-state index in [2.05, 4.69) is 10.2 Å². The van der Waals surface area contributed by atoms with Gasteiger partial charge in [-0.25, -0.2) is 0 Å². The summed E-state index contributed by atoms with van der Waals surface area (Å²) in [6.45, 7) is 4.40. The molecule has 2 aromatic heterocycles. The van der Waals surface area contributed by atoms with Crippen LogP contribution in [0.15, 0.2) is 51.7 Å². The second-order valence-electron chi connectivity index (χ2n) is 7.42. The molecule has 2 aromatic carbocycles. The first kappa shape index (κ1) is 20.7. The lowest BCUT2D eigenvalue weighted by molar-refractivity contribution is 0.0970. The van der Waals surface area contributed by atoms with Gasteiger partial charge in [-0.3, -0.25) is 14.5 Å². The fourth-order valence-electron chi connectivity index (χ4n) is 3.84. The van der Waals surface area contributed by atoms with Crippen molar-refractivity contribution in [3.8, 4) is 5.75 Å². The molecule has 0 N–H and O–H groups in total. The van der Waals surface area contributed by atoms with Gasteiger partial charge in [0.25, 0.3) is 5.91 Å². The summed E-state index contributed by atoms with van der Waals surface area (Å²) in [7, 11) is 0. The van der Waals surface area contributed by atoms with E-state index in [9.17, 15) is 9.59 Å². The average Bonchev–Trinajstić information content (AvgIpc) is 3.34. The smallest absolute Gasteiger partial charge is 0.297 e. The molecule has 7 nitrogen and oxygen atoms in total. The minimum Gasteiger partial charge on any atom is -0.494 e. The molecule has 3 heterocycles. The number of fused-ring (bicyclic) bond motifs is 2. The Hall–Kier alpha value is -3.23. The fraction of sp³-hybridized carbons (Fsp3) is 0.217. The Morgan fingerprint density at radius 1 is 1.19 bits per heavy atom. The maximum Gasteiger partial charge on any atom is 0.297 e. The molecule has 0 spiro atoms. The molecule has 0 saturated heterocycles. The van der Waals surface area contributed by atoms with Gasteiger partial charge < -0.3 is 9.15 Å². The largest absolute Gasteiger partial charge is 0.494 e. The van der Waals surface area contributed by atoms with Crippen molar-refractivity contribution in [3.05, 3.63) is 79.6 Å². The van der Waals surface area contributed by atoms with Crippen molar-refractivity contribution < 1.29 is 13.9 Å². The molecule has 9 heteroatoms. The zero-order chi connectivity index (χ0) is 22.4. The highest BCUT2D eigenvalue weighted by Gasteiger charge is 2.45. The van der Waals surface area contributed by atoms with E-state index in [1.807, 2.05) is 38.1 Å². The molecule has 0 aliphatic carbocycles. The molecule has 1 atom stereocenters. The van der Waals surface area contributed by atoms with Gasteiger partial charge in [-0.1, -0.05) is 42.0 Å². The first-order valence-corrected chi connectivity index (χ1v) is 11.3. The Balaban J connectivity index is 1.76. The van der Waals surface area contributed by atoms with Gasteiger partial charge in [-0.15, -0.1) is 10.2 Å². The summed E-state index contributed by atoms with van der Waals surface area (Å²) in [4.78, 5) is 28.5. The first-order valence-electron chi connectivity index (χ1n) is 10.1. The number of ether oxygens (including phenoxy) is 1. The zero-order valence-corrected chi connectivity index (χ0v) is 18.9. The van der Waals surface area contributed by atoms with Gasteiger partial charge in [0, 0.05) is 5.02 Å². The topological polar surface area (TPSA) is 85.5 Å². The van der Waals surface area contributed by atoms with Crippen molar-refractivity contribution in [1.29, 1.82) is 0 Å². The number of aromatic nitrogens is 2. The lowest BCUT2D eigenvalue weighted by Gasteiger charge is -2.22. The summed E-state index contributed by atoms with van der Waals surface area (Å²) >= 11 is 7.40. The molecule has 5 rings (SSSR count). The van der Waals surface area contributed by atoms with Crippen LogP contribution < -0.4 is 15.1 Å². The van der Waals surface area contributed by atoms with Crippen LogP contribution in [0.25, 0.3) is 11.0 Å². The highest BCUT2D eigenvalue weighted by atomic mass is 35.5. The summed E-state index contributed by atoms with van der Waals surface area (Å²) in [5.41, 5.74) is 0.976. The quantitative estimate of drug-likeness (QED) is 0.403. The van der Waals surface area contributed by atoms with Crippen LogP contribution >= 0.6 is 22.9 Å². The van der Waals surface area contributed by atoms with Crippen LogP contribution in [-0.2, 0) is 0 Å². The zero-order valence-electron chi connectivity index (χ0n) is 17.3. The van der Waals surface area contributed by atoms with Crippen molar-refractivity contribution in [2.75, 3.05) is 11.5 Å². The lowest BCUT2D eigenvalue weighted by atomic mass is 9.98. The number of hydrogen-bond acceptors (Lipinski definition) is 7. The van der Waals surface area contributed by atoms with E-state index in [4.69, 9.17) is 20.8 Å². The molecule has 1 unspecified atom stereocenters. The SMILES string of the molecule is CCCOc1cccc(C2c3c(oc4ccc(Cl)cc4c3=O)C(=O)N2c2nnc(C)s2)c1. The third-order valence-electron chi connectivity index (χ3n) is 5.20. The van der Waals surface area contributed by atoms with Crippen molar-refractivity contribution in [1.82, 2.24) is 10.2 Å². The standard InChI is InChI=1S/C23H18ClN3O4S/c1-3-9-30-15-6-4-5-13(10-15)19-18-20(28)16-11-14(24)7-8-17(16)31-21(18)22(29)27(19)23-26-25-12(2)32-23/h4-8,10-11,19H,3,9H2,1-2H3. The van der Waals surface area contributed by atoms with Crippen molar-refractivity contribution >= 4 is 44.9 Å². The fourth-order valence-corrected chi connectivity index (χ4v) is 4.72. The molecule has 1 aliphatic rings. The summed E-state index contributed by atoms with van der Waals surface area (Å²) in [5.74, 6) is 0.226. The molecule has 4 aromatic rings. The molecule has 0 radical (unpaired) electrons. The van der Waals surface area contributed by atoms with Crippen molar-refractivity contribution in [2.45, 2.75) is 26.3 Å². The molecule has 32 heavy (non-hydrogen) atoms. The Morgan fingerprint density at radius 2 is 2.03 bits per heavy atom. The Bertz CT molecular complexity index is 1410. The van der Waals surface area contributed by atoms with Gasteiger partial charge in [-0.05, 0) is 49.2 Å². The number of halogens is 1. The van der Waals surface area contributed by atoms with E-state index < -0.39 is 11.9 Å². The number of hydrogen-bond donors (Lipinski definition) is 0. The second-order valence-corrected chi connectivity index (χ2v) is 9.01. The summed E-state index contributed by atoms with van der Waals surface area (Å²) in [6.07, 6.45) is 0.863. The number of nitrogens with zero attached hydrogens (tertiary/aromatic N) is 3. The molecular weight excluding hydrogens is 450 g/mol. The summed E-state index contributed by atoms with van der Waals surface area (Å²) in [6, 6.07) is 11.4. The predicted octanol–water partition coefficient (Wildman–Crippen LogP) is 5.14. The Morgan fingerprint density at radius 3 is 2.78 bits per heavy atom. The van der Waals surface area contributed by atoms with Gasteiger partial charge in [0.2, 0.25) is 10.9 Å². The monoisotopic (exact) mass is 467 g/mol. The number of carbonyl (C=O) groups excluding carboxylic acids is 1. The second kappa shape index (κ2) is 8.03. The minimum atomic E-state index is -0.727. The van der Waals surface area contributed by atoms with Gasteiger partial charge in [0.05, 0.1) is 23.6 Å². The van der Waals surface area contributed by atoms with E-state index >= 15 is 0 Å². The van der Waals surface area contributed by atoms with E-state index in [-0.39, 0.29) is 16.8 Å². The van der Waals surface area contributed by atoms with Crippen molar-refractivity contribution in [3.63, 3.8) is 0 Å². The number of anilines is 1. The van der Waals surface area contributed by atoms with Gasteiger partial charge in [0.1, 0.15) is 16.3 Å². The number of rotatable bonds is 5. The maximum atomic E-state index is 13.6. The van der Waals surface area contributed by atoms with Crippen LogP contribution in [0.1, 0.15) is 46.1 Å². The summed E-state index contributed by atoms with van der Waals surface area (Å²) < 4.78 is 11.7. The van der Waals surface area contributed by atoms with Crippen LogP contribution in [0.5, 0.6) is 5.75 Å². The molecule has 0 fully saturated rings. The Kier molecular flexibility index (Phi) is 5.19. The van der Waals surface area contributed by atoms with Crippen molar-refractivity contribution in [2.24, 2.45) is 0 Å². The third kappa shape index (κ3) is 3.36. The van der Waals surface area contributed by atoms with E-state index in [0.29, 0.717) is 44.1 Å². The lowest BCUT2D eigenvalue weighted by Crippen LogP contribution is -2.29. The molecule has 1 aliphatic heterocycles. The maximum absolute atomic E-state index is 13.6. The third-order valence-corrected chi connectivity index (χ3v) is 6.27. The number of aryl methyl sites for hydroxylation is 1. The Labute approximate surface area is 192 Å². The summed E-state index contributed by atoms with van der Waals surface area (Å²) in [5, 5.41) is 10.1. The van der Waals surface area contributed by atoms with Crippen LogP contribution in [0.2, 0.25) is 5.02 Å². The van der Waals surface area contributed by atoms with Crippen LogP contribution in [0.3, 0.4) is 0 Å². The van der Waals surface area contributed by atoms with Gasteiger partial charge in [0.15, 0.2) is 5.43 Å². The molecule has 1 amide bonds. The predicted molar refractivity (Wildman–Crippen MR) is 123 cm³/mol.